The second-order valence-corrected chi connectivity index (χ2v) is 4.98. The fraction of sp³-hybridized carbons (Fsp3) is 0.533. The van der Waals surface area contributed by atoms with Crippen LogP contribution in [-0.2, 0) is 13.5 Å². The van der Waals surface area contributed by atoms with Crippen LogP contribution in [0.25, 0.3) is 0 Å². The lowest BCUT2D eigenvalue weighted by Gasteiger charge is -2.17. The summed E-state index contributed by atoms with van der Waals surface area (Å²) < 4.78 is 7.37. The maximum Gasteiger partial charge on any atom is 0.101 e. The van der Waals surface area contributed by atoms with E-state index in [-0.39, 0.29) is 0 Å². The van der Waals surface area contributed by atoms with Gasteiger partial charge in [0.25, 0.3) is 0 Å². The molecule has 2 heterocycles. The van der Waals surface area contributed by atoms with Gasteiger partial charge in [-0.15, -0.1) is 0 Å². The van der Waals surface area contributed by atoms with E-state index in [1.807, 2.05) is 31.1 Å². The zero-order valence-electron chi connectivity index (χ0n) is 12.0. The standard InChI is InChI=1S/C15H23N3O/c1-4-8-16-15(13-10-12(2)19-11-13)6-5-14-7-9-17-18(14)3/h7,9-11,15-16H,4-6,8H2,1-3H3. The summed E-state index contributed by atoms with van der Waals surface area (Å²) in [5.41, 5.74) is 2.51. The van der Waals surface area contributed by atoms with E-state index in [0.29, 0.717) is 6.04 Å². The van der Waals surface area contributed by atoms with Gasteiger partial charge in [-0.25, -0.2) is 0 Å². The Bertz CT molecular complexity index is 501. The molecule has 0 radical (unpaired) electrons. The number of hydrogen-bond donors (Lipinski definition) is 1. The number of furan rings is 1. The average molecular weight is 261 g/mol. The number of aromatic nitrogens is 2. The van der Waals surface area contributed by atoms with Gasteiger partial charge >= 0.3 is 0 Å². The third-order valence-corrected chi connectivity index (χ3v) is 3.41. The third kappa shape index (κ3) is 3.70. The summed E-state index contributed by atoms with van der Waals surface area (Å²) in [4.78, 5) is 0. The van der Waals surface area contributed by atoms with Crippen molar-refractivity contribution in [2.24, 2.45) is 7.05 Å². The highest BCUT2D eigenvalue weighted by atomic mass is 16.3. The summed E-state index contributed by atoms with van der Waals surface area (Å²) in [6.07, 6.45) is 6.93. The van der Waals surface area contributed by atoms with Gasteiger partial charge in [-0.1, -0.05) is 6.92 Å². The highest BCUT2D eigenvalue weighted by Crippen LogP contribution is 2.21. The van der Waals surface area contributed by atoms with E-state index < -0.39 is 0 Å². The van der Waals surface area contributed by atoms with Gasteiger partial charge in [0, 0.05) is 30.5 Å². The molecule has 1 atom stereocenters. The van der Waals surface area contributed by atoms with Crippen molar-refractivity contribution in [1.82, 2.24) is 15.1 Å². The fourth-order valence-corrected chi connectivity index (χ4v) is 2.29. The van der Waals surface area contributed by atoms with Crippen LogP contribution in [0.4, 0.5) is 0 Å². The van der Waals surface area contributed by atoms with Gasteiger partial charge in [-0.2, -0.15) is 5.10 Å². The number of aryl methyl sites for hydroxylation is 3. The van der Waals surface area contributed by atoms with E-state index in [0.717, 1.165) is 31.6 Å². The van der Waals surface area contributed by atoms with Crippen LogP contribution in [0.1, 0.15) is 42.8 Å². The van der Waals surface area contributed by atoms with Crippen molar-refractivity contribution in [2.75, 3.05) is 6.54 Å². The zero-order valence-corrected chi connectivity index (χ0v) is 12.0. The summed E-state index contributed by atoms with van der Waals surface area (Å²) in [5.74, 6) is 0.971. The molecule has 19 heavy (non-hydrogen) atoms. The minimum atomic E-state index is 0.354. The van der Waals surface area contributed by atoms with Crippen LogP contribution in [0.5, 0.6) is 0 Å². The first-order valence-electron chi connectivity index (χ1n) is 6.96. The normalized spacial score (nSPS) is 12.8. The first-order valence-corrected chi connectivity index (χ1v) is 6.96. The Balaban J connectivity index is 1.99. The van der Waals surface area contributed by atoms with Crippen LogP contribution < -0.4 is 5.32 Å². The molecule has 0 aromatic carbocycles. The lowest BCUT2D eigenvalue weighted by molar-refractivity contribution is 0.479. The van der Waals surface area contributed by atoms with Crippen LogP contribution in [-0.4, -0.2) is 16.3 Å². The highest BCUT2D eigenvalue weighted by molar-refractivity contribution is 5.17. The fourth-order valence-electron chi connectivity index (χ4n) is 2.29. The summed E-state index contributed by atoms with van der Waals surface area (Å²) in [6.45, 7) is 5.20. The quantitative estimate of drug-likeness (QED) is 0.833. The van der Waals surface area contributed by atoms with Gasteiger partial charge < -0.3 is 9.73 Å². The van der Waals surface area contributed by atoms with E-state index in [4.69, 9.17) is 4.42 Å². The average Bonchev–Trinajstić information content (AvgIpc) is 2.99. The van der Waals surface area contributed by atoms with Gasteiger partial charge in [0.1, 0.15) is 5.76 Å². The molecular weight excluding hydrogens is 238 g/mol. The van der Waals surface area contributed by atoms with Gasteiger partial charge in [0.2, 0.25) is 0 Å². The molecule has 4 heteroatoms. The van der Waals surface area contributed by atoms with Crippen molar-refractivity contribution in [3.63, 3.8) is 0 Å². The van der Waals surface area contributed by atoms with Crippen molar-refractivity contribution in [1.29, 1.82) is 0 Å². The Hall–Kier alpha value is -1.55. The Morgan fingerprint density at radius 1 is 1.47 bits per heavy atom. The van der Waals surface area contributed by atoms with E-state index >= 15 is 0 Å². The molecule has 0 aliphatic rings. The molecule has 0 saturated carbocycles. The van der Waals surface area contributed by atoms with Crippen molar-refractivity contribution in [3.8, 4) is 0 Å². The zero-order chi connectivity index (χ0) is 13.7. The van der Waals surface area contributed by atoms with Crippen LogP contribution >= 0.6 is 0 Å². The van der Waals surface area contributed by atoms with Crippen molar-refractivity contribution >= 4 is 0 Å². The van der Waals surface area contributed by atoms with Gasteiger partial charge in [-0.3, -0.25) is 4.68 Å². The number of nitrogens with zero attached hydrogens (tertiary/aromatic N) is 2. The molecule has 4 nitrogen and oxygen atoms in total. The van der Waals surface area contributed by atoms with Crippen LogP contribution in [0.3, 0.4) is 0 Å². The second-order valence-electron chi connectivity index (χ2n) is 4.98. The maximum atomic E-state index is 5.43. The Morgan fingerprint density at radius 2 is 2.32 bits per heavy atom. The second kappa shape index (κ2) is 6.57. The monoisotopic (exact) mass is 261 g/mol. The predicted octanol–water partition coefficient (Wildman–Crippen LogP) is 3.00. The van der Waals surface area contributed by atoms with Gasteiger partial charge in [0.15, 0.2) is 0 Å². The molecule has 2 aromatic rings. The molecule has 1 N–H and O–H groups in total. The first kappa shape index (κ1) is 13.9. The van der Waals surface area contributed by atoms with E-state index in [9.17, 15) is 0 Å². The molecule has 0 aliphatic carbocycles. The van der Waals surface area contributed by atoms with E-state index in [2.05, 4.69) is 29.5 Å². The molecule has 0 fully saturated rings. The lowest BCUT2D eigenvalue weighted by Crippen LogP contribution is -2.22. The largest absolute Gasteiger partial charge is 0.469 e. The van der Waals surface area contributed by atoms with Gasteiger partial charge in [-0.05, 0) is 44.9 Å². The molecule has 0 amide bonds. The minimum absolute atomic E-state index is 0.354. The van der Waals surface area contributed by atoms with Crippen LogP contribution in [0.2, 0.25) is 0 Å². The molecule has 104 valence electrons. The SMILES string of the molecule is CCCNC(CCc1ccnn1C)c1coc(C)c1. The molecule has 0 bridgehead atoms. The number of rotatable bonds is 7. The summed E-state index contributed by atoms with van der Waals surface area (Å²) in [6, 6.07) is 4.56. The Kier molecular flexibility index (Phi) is 4.80. The third-order valence-electron chi connectivity index (χ3n) is 3.41. The molecule has 0 saturated heterocycles. The Labute approximate surface area is 114 Å². The Morgan fingerprint density at radius 3 is 2.89 bits per heavy atom. The molecule has 0 spiro atoms. The van der Waals surface area contributed by atoms with Crippen LogP contribution in [0.15, 0.2) is 29.0 Å². The molecular formula is C15H23N3O. The molecule has 2 aromatic heterocycles. The smallest absolute Gasteiger partial charge is 0.101 e. The minimum Gasteiger partial charge on any atom is -0.469 e. The topological polar surface area (TPSA) is 43.0 Å². The molecule has 2 rings (SSSR count). The first-order chi connectivity index (χ1) is 9.20. The van der Waals surface area contributed by atoms with E-state index in [1.165, 1.54) is 11.3 Å². The van der Waals surface area contributed by atoms with Crippen molar-refractivity contribution < 1.29 is 4.42 Å². The highest BCUT2D eigenvalue weighted by Gasteiger charge is 2.13. The molecule has 0 aliphatic heterocycles. The number of hydrogen-bond acceptors (Lipinski definition) is 3. The number of nitrogens with one attached hydrogen (secondary N) is 1. The summed E-state index contributed by atoms with van der Waals surface area (Å²) in [5, 5.41) is 7.80. The van der Waals surface area contributed by atoms with Gasteiger partial charge in [0.05, 0.1) is 6.26 Å². The maximum absolute atomic E-state index is 5.43. The van der Waals surface area contributed by atoms with Crippen molar-refractivity contribution in [3.05, 3.63) is 41.6 Å². The predicted molar refractivity (Wildman–Crippen MR) is 76.0 cm³/mol. The van der Waals surface area contributed by atoms with Crippen molar-refractivity contribution in [2.45, 2.75) is 39.2 Å². The lowest BCUT2D eigenvalue weighted by atomic mass is 10.0. The summed E-state index contributed by atoms with van der Waals surface area (Å²) >= 11 is 0. The van der Waals surface area contributed by atoms with Crippen LogP contribution in [0, 0.1) is 6.92 Å². The van der Waals surface area contributed by atoms with E-state index in [1.54, 1.807) is 0 Å². The summed E-state index contributed by atoms with van der Waals surface area (Å²) in [7, 11) is 1.99. The molecule has 1 unspecified atom stereocenters.